The minimum atomic E-state index is -0.970. The van der Waals surface area contributed by atoms with Gasteiger partial charge in [-0.1, -0.05) is 13.0 Å². The zero-order valence-electron chi connectivity index (χ0n) is 8.50. The van der Waals surface area contributed by atoms with Crippen molar-refractivity contribution < 1.29 is 14.3 Å². The normalized spacial score (nSPS) is 40.6. The zero-order valence-corrected chi connectivity index (χ0v) is 8.50. The van der Waals surface area contributed by atoms with Gasteiger partial charge in [-0.25, -0.2) is 0 Å². The van der Waals surface area contributed by atoms with Crippen molar-refractivity contribution in [3.8, 4) is 0 Å². The van der Waals surface area contributed by atoms with Crippen molar-refractivity contribution in [2.45, 2.75) is 38.7 Å². The first-order valence-corrected chi connectivity index (χ1v) is 4.91. The second-order valence-electron chi connectivity index (χ2n) is 4.44. The zero-order chi connectivity index (χ0) is 10.4. The van der Waals surface area contributed by atoms with E-state index in [0.717, 1.165) is 12.8 Å². The average molecular weight is 194 g/mol. The van der Waals surface area contributed by atoms with E-state index in [4.69, 9.17) is 4.74 Å². The number of rotatable bonds is 1. The van der Waals surface area contributed by atoms with Gasteiger partial charge in [-0.15, -0.1) is 0 Å². The van der Waals surface area contributed by atoms with E-state index in [9.17, 15) is 9.59 Å². The van der Waals surface area contributed by atoms with Gasteiger partial charge in [0.05, 0.1) is 6.42 Å². The van der Waals surface area contributed by atoms with E-state index < -0.39 is 5.60 Å². The van der Waals surface area contributed by atoms with Crippen LogP contribution >= 0.6 is 0 Å². The van der Waals surface area contributed by atoms with Gasteiger partial charge in [-0.2, -0.15) is 0 Å². The summed E-state index contributed by atoms with van der Waals surface area (Å²) in [4.78, 5) is 22.9. The molecule has 0 aromatic rings. The van der Waals surface area contributed by atoms with Gasteiger partial charge in [0.1, 0.15) is 0 Å². The molecule has 2 atom stereocenters. The quantitative estimate of drug-likeness (QED) is 0.470. The fourth-order valence-corrected chi connectivity index (χ4v) is 2.56. The predicted octanol–water partition coefficient (Wildman–Crippen LogP) is 1.62. The third-order valence-corrected chi connectivity index (χ3v) is 3.44. The molecule has 0 N–H and O–H groups in total. The fraction of sp³-hybridized carbons (Fsp3) is 0.636. The Bertz CT molecular complexity index is 331. The molecule has 2 rings (SSSR count). The van der Waals surface area contributed by atoms with Crippen LogP contribution in [0.25, 0.3) is 0 Å². The maximum atomic E-state index is 11.6. The van der Waals surface area contributed by atoms with E-state index in [1.807, 2.05) is 13.0 Å². The number of ketones is 1. The fourth-order valence-electron chi connectivity index (χ4n) is 2.56. The largest absolute Gasteiger partial charge is 0.446 e. The third-order valence-electron chi connectivity index (χ3n) is 3.44. The molecule has 0 saturated carbocycles. The summed E-state index contributed by atoms with van der Waals surface area (Å²) in [6, 6.07) is 0. The van der Waals surface area contributed by atoms with Gasteiger partial charge in [0.25, 0.3) is 0 Å². The molecule has 1 aliphatic carbocycles. The summed E-state index contributed by atoms with van der Waals surface area (Å²) in [5.74, 6) is -0.323. The second-order valence-corrected chi connectivity index (χ2v) is 4.44. The third kappa shape index (κ3) is 0.982. The number of hydrogen-bond acceptors (Lipinski definition) is 3. The monoisotopic (exact) mass is 194 g/mol. The van der Waals surface area contributed by atoms with Crippen molar-refractivity contribution in [2.75, 3.05) is 0 Å². The Labute approximate surface area is 83.1 Å². The van der Waals surface area contributed by atoms with Gasteiger partial charge < -0.3 is 4.74 Å². The molecule has 0 radical (unpaired) electrons. The van der Waals surface area contributed by atoms with Gasteiger partial charge in [-0.05, 0) is 25.8 Å². The van der Waals surface area contributed by atoms with Crippen molar-refractivity contribution >= 4 is 11.8 Å². The second kappa shape index (κ2) is 2.69. The Morgan fingerprint density at radius 3 is 2.86 bits per heavy atom. The van der Waals surface area contributed by atoms with Crippen molar-refractivity contribution in [3.05, 3.63) is 12.2 Å². The number of allylic oxidation sites excluding steroid dienone is 1. The SMILES string of the molecule is CC(=O)[C@]12C=CCC[C@@]1(C)CC(=O)O2. The lowest BCUT2D eigenvalue weighted by Crippen LogP contribution is -2.49. The van der Waals surface area contributed by atoms with Gasteiger partial charge in [0, 0.05) is 5.41 Å². The average Bonchev–Trinajstić information content (AvgIpc) is 2.35. The van der Waals surface area contributed by atoms with E-state index in [1.54, 1.807) is 6.08 Å². The van der Waals surface area contributed by atoms with Gasteiger partial charge in [0.15, 0.2) is 11.4 Å². The first-order chi connectivity index (χ1) is 6.50. The highest BCUT2D eigenvalue weighted by atomic mass is 16.6. The molecule has 3 nitrogen and oxygen atoms in total. The summed E-state index contributed by atoms with van der Waals surface area (Å²) < 4.78 is 5.24. The minimum Gasteiger partial charge on any atom is -0.446 e. The summed E-state index contributed by atoms with van der Waals surface area (Å²) in [6.45, 7) is 3.45. The van der Waals surface area contributed by atoms with Crippen molar-refractivity contribution in [3.63, 3.8) is 0 Å². The molecule has 0 bridgehead atoms. The van der Waals surface area contributed by atoms with Crippen LogP contribution in [0.2, 0.25) is 0 Å². The molecule has 0 spiro atoms. The molecular formula is C11H14O3. The minimum absolute atomic E-state index is 0.0678. The van der Waals surface area contributed by atoms with Crippen LogP contribution < -0.4 is 0 Å². The van der Waals surface area contributed by atoms with Crippen LogP contribution in [0.4, 0.5) is 0 Å². The summed E-state index contributed by atoms with van der Waals surface area (Å²) in [5, 5.41) is 0. The molecule has 0 amide bonds. The maximum Gasteiger partial charge on any atom is 0.307 e. The summed E-state index contributed by atoms with van der Waals surface area (Å²) in [5.41, 5.74) is -1.30. The molecule has 1 aliphatic heterocycles. The van der Waals surface area contributed by atoms with Crippen LogP contribution in [0.15, 0.2) is 12.2 Å². The van der Waals surface area contributed by atoms with Crippen LogP contribution in [0, 0.1) is 5.41 Å². The first kappa shape index (κ1) is 9.44. The van der Waals surface area contributed by atoms with Gasteiger partial charge in [-0.3, -0.25) is 9.59 Å². The van der Waals surface area contributed by atoms with E-state index in [-0.39, 0.29) is 17.2 Å². The van der Waals surface area contributed by atoms with E-state index in [0.29, 0.717) is 6.42 Å². The Morgan fingerprint density at radius 1 is 1.57 bits per heavy atom. The molecule has 76 valence electrons. The number of hydrogen-bond donors (Lipinski definition) is 0. The topological polar surface area (TPSA) is 43.4 Å². The first-order valence-electron chi connectivity index (χ1n) is 4.91. The standard InChI is InChI=1S/C11H14O3/c1-8(12)11-6-4-3-5-10(11,2)7-9(13)14-11/h4,6H,3,5,7H2,1-2H3/t10-,11+/m0/s1. The van der Waals surface area contributed by atoms with Crippen LogP contribution in [0.5, 0.6) is 0 Å². The molecule has 1 fully saturated rings. The van der Waals surface area contributed by atoms with Gasteiger partial charge >= 0.3 is 5.97 Å². The van der Waals surface area contributed by atoms with Crippen molar-refractivity contribution in [1.29, 1.82) is 0 Å². The van der Waals surface area contributed by atoms with Crippen molar-refractivity contribution in [1.82, 2.24) is 0 Å². The van der Waals surface area contributed by atoms with Crippen LogP contribution in [0.3, 0.4) is 0 Å². The molecule has 2 aliphatic rings. The number of carbonyl (C=O) groups is 2. The highest BCUT2D eigenvalue weighted by Gasteiger charge is 2.59. The molecule has 3 heteroatoms. The number of carbonyl (C=O) groups excluding carboxylic acids is 2. The lowest BCUT2D eigenvalue weighted by molar-refractivity contribution is -0.156. The highest BCUT2D eigenvalue weighted by molar-refractivity contribution is 5.94. The molecule has 1 heterocycles. The maximum absolute atomic E-state index is 11.6. The number of Topliss-reactive ketones (excluding diaryl/α,β-unsaturated/α-hetero) is 1. The Kier molecular flexibility index (Phi) is 1.81. The number of ether oxygens (including phenoxy) is 1. The van der Waals surface area contributed by atoms with Gasteiger partial charge in [0.2, 0.25) is 0 Å². The number of esters is 1. The van der Waals surface area contributed by atoms with Crippen LogP contribution in [-0.4, -0.2) is 17.4 Å². The molecule has 0 aromatic heterocycles. The number of fused-ring (bicyclic) bond motifs is 1. The van der Waals surface area contributed by atoms with Crippen molar-refractivity contribution in [2.24, 2.45) is 5.41 Å². The van der Waals surface area contributed by atoms with E-state index in [1.165, 1.54) is 6.92 Å². The summed E-state index contributed by atoms with van der Waals surface area (Å²) >= 11 is 0. The lowest BCUT2D eigenvalue weighted by atomic mass is 9.65. The molecule has 0 aromatic carbocycles. The lowest BCUT2D eigenvalue weighted by Gasteiger charge is -2.39. The Morgan fingerprint density at radius 2 is 2.29 bits per heavy atom. The summed E-state index contributed by atoms with van der Waals surface area (Å²) in [6.07, 6.45) is 5.82. The Balaban J connectivity index is 2.51. The predicted molar refractivity (Wildman–Crippen MR) is 50.6 cm³/mol. The van der Waals surface area contributed by atoms with E-state index >= 15 is 0 Å². The molecule has 1 saturated heterocycles. The smallest absolute Gasteiger partial charge is 0.307 e. The summed E-state index contributed by atoms with van der Waals surface area (Å²) in [7, 11) is 0. The molecular weight excluding hydrogens is 180 g/mol. The van der Waals surface area contributed by atoms with Crippen LogP contribution in [0.1, 0.15) is 33.1 Å². The van der Waals surface area contributed by atoms with Crippen LogP contribution in [-0.2, 0) is 14.3 Å². The highest BCUT2D eigenvalue weighted by Crippen LogP contribution is 2.51. The van der Waals surface area contributed by atoms with E-state index in [2.05, 4.69) is 0 Å². The molecule has 0 unspecified atom stereocenters. The Hall–Kier alpha value is -1.12. The molecule has 14 heavy (non-hydrogen) atoms.